The average molecular weight is 637 g/mol. The molecule has 236 valence electrons. The van der Waals surface area contributed by atoms with Gasteiger partial charge < -0.3 is 24.7 Å². The maximum atomic E-state index is 14.7. The van der Waals surface area contributed by atoms with Gasteiger partial charge in [-0.15, -0.1) is 0 Å². The number of anilines is 2. The molecule has 1 saturated carbocycles. The zero-order valence-electron chi connectivity index (χ0n) is 24.0. The monoisotopic (exact) mass is 636 g/mol. The lowest BCUT2D eigenvalue weighted by atomic mass is 10.0. The second kappa shape index (κ2) is 12.5. The van der Waals surface area contributed by atoms with Crippen LogP contribution >= 0.6 is 0 Å². The molecular formula is C29H32F4N6O4S. The highest BCUT2D eigenvalue weighted by atomic mass is 32.2. The quantitative estimate of drug-likeness (QED) is 0.241. The van der Waals surface area contributed by atoms with Gasteiger partial charge in [-0.1, -0.05) is 11.8 Å². The third-order valence-electron chi connectivity index (χ3n) is 7.44. The summed E-state index contributed by atoms with van der Waals surface area (Å²) in [6.07, 6.45) is -3.76. The predicted octanol–water partition coefficient (Wildman–Crippen LogP) is 3.59. The Labute approximate surface area is 252 Å². The Kier molecular flexibility index (Phi) is 8.94. The number of carbonyl (C=O) groups is 1. The molecule has 1 aliphatic heterocycles. The number of aromatic nitrogens is 2. The first kappa shape index (κ1) is 31.4. The van der Waals surface area contributed by atoms with Gasteiger partial charge in [0.15, 0.2) is 0 Å². The summed E-state index contributed by atoms with van der Waals surface area (Å²) in [6.45, 7) is 0.953. The summed E-state index contributed by atoms with van der Waals surface area (Å²) in [5.41, 5.74) is 1.28. The Morgan fingerprint density at radius 3 is 2.64 bits per heavy atom. The summed E-state index contributed by atoms with van der Waals surface area (Å²) >= 11 is 0. The van der Waals surface area contributed by atoms with Crippen LogP contribution in [-0.2, 0) is 16.4 Å². The van der Waals surface area contributed by atoms with E-state index in [4.69, 9.17) is 4.74 Å². The van der Waals surface area contributed by atoms with E-state index in [1.165, 1.54) is 29.8 Å². The van der Waals surface area contributed by atoms with Gasteiger partial charge in [-0.05, 0) is 56.6 Å². The predicted molar refractivity (Wildman–Crippen MR) is 157 cm³/mol. The van der Waals surface area contributed by atoms with Crippen LogP contribution in [0.1, 0.15) is 41.0 Å². The normalized spacial score (nSPS) is 19.2. The molecule has 3 aromatic heterocycles. The van der Waals surface area contributed by atoms with Crippen molar-refractivity contribution >= 4 is 32.8 Å². The van der Waals surface area contributed by atoms with Crippen LogP contribution in [0.2, 0.25) is 0 Å². The molecular weight excluding hydrogens is 604 g/mol. The van der Waals surface area contributed by atoms with E-state index in [9.17, 15) is 30.8 Å². The van der Waals surface area contributed by atoms with Crippen molar-refractivity contribution in [1.29, 1.82) is 0 Å². The maximum Gasteiger partial charge on any atom is 0.394 e. The first-order valence-corrected chi connectivity index (χ1v) is 15.5. The third-order valence-corrected chi connectivity index (χ3v) is 9.26. The second-order valence-corrected chi connectivity index (χ2v) is 12.8. The van der Waals surface area contributed by atoms with E-state index >= 15 is 0 Å². The van der Waals surface area contributed by atoms with Crippen LogP contribution in [0.25, 0.3) is 5.52 Å². The summed E-state index contributed by atoms with van der Waals surface area (Å²) < 4.78 is 88.2. The highest BCUT2D eigenvalue weighted by Gasteiger charge is 2.37. The van der Waals surface area contributed by atoms with Crippen molar-refractivity contribution in [2.24, 2.45) is 0 Å². The molecule has 2 atom stereocenters. The van der Waals surface area contributed by atoms with Gasteiger partial charge in [0.1, 0.15) is 11.9 Å². The Morgan fingerprint density at radius 1 is 1.18 bits per heavy atom. The molecule has 5 rings (SSSR count). The van der Waals surface area contributed by atoms with Crippen LogP contribution in [-0.4, -0.2) is 86.0 Å². The Hall–Kier alpha value is -4.03. The van der Waals surface area contributed by atoms with Crippen molar-refractivity contribution in [3.8, 4) is 17.7 Å². The van der Waals surface area contributed by atoms with Crippen molar-refractivity contribution in [3.05, 3.63) is 53.5 Å². The fourth-order valence-electron chi connectivity index (χ4n) is 5.05. The molecule has 0 aromatic carbocycles. The highest BCUT2D eigenvalue weighted by Crippen LogP contribution is 2.31. The fourth-order valence-corrected chi connectivity index (χ4v) is 6.34. The van der Waals surface area contributed by atoms with Crippen LogP contribution in [0.3, 0.4) is 0 Å². The first-order valence-electron chi connectivity index (χ1n) is 14.0. The molecule has 1 aliphatic carbocycles. The molecule has 15 heteroatoms. The van der Waals surface area contributed by atoms with Crippen molar-refractivity contribution in [3.63, 3.8) is 0 Å². The number of fused-ring (bicyclic) bond motifs is 1. The maximum absolute atomic E-state index is 14.7. The number of halogens is 4. The van der Waals surface area contributed by atoms with Crippen LogP contribution in [0.4, 0.5) is 28.9 Å². The van der Waals surface area contributed by atoms with Gasteiger partial charge in [0.05, 0.1) is 48.3 Å². The van der Waals surface area contributed by atoms with Crippen molar-refractivity contribution in [1.82, 2.24) is 19.0 Å². The van der Waals surface area contributed by atoms with Crippen LogP contribution in [0, 0.1) is 11.8 Å². The number of methoxy groups -OCH3 is 1. The number of ether oxygens (including phenoxy) is 1. The topological polar surface area (TPSA) is 117 Å². The molecule has 0 bridgehead atoms. The SMILES string of the molecule is COc1nc(C(=O)NS(=O)(=O)C2CC2)ccc1NCC#Cc1cc2c(N[C@@H]3CCN(C)C[C@@H]3F)cccn2c1CC(F)(F)F. The minimum atomic E-state index is -4.49. The van der Waals surface area contributed by atoms with E-state index in [0.717, 1.165) is 0 Å². The number of sulfonamides is 1. The van der Waals surface area contributed by atoms with Gasteiger partial charge in [0.2, 0.25) is 15.9 Å². The highest BCUT2D eigenvalue weighted by molar-refractivity contribution is 7.91. The molecule has 2 fully saturated rings. The van der Waals surface area contributed by atoms with Crippen molar-refractivity contribution in [2.75, 3.05) is 44.4 Å². The van der Waals surface area contributed by atoms with Crippen molar-refractivity contribution in [2.45, 2.75) is 49.3 Å². The number of hydrogen-bond donors (Lipinski definition) is 3. The zero-order chi connectivity index (χ0) is 31.6. The molecule has 3 aromatic rings. The number of carbonyl (C=O) groups excluding carboxylic acids is 1. The molecule has 2 aliphatic rings. The van der Waals surface area contributed by atoms with Gasteiger partial charge >= 0.3 is 6.18 Å². The minimum absolute atomic E-state index is 0.00595. The number of nitrogens with zero attached hydrogens (tertiary/aromatic N) is 3. The average Bonchev–Trinajstić information content (AvgIpc) is 3.77. The number of piperidine rings is 1. The zero-order valence-corrected chi connectivity index (χ0v) is 24.9. The fraction of sp³-hybridized carbons (Fsp3) is 0.448. The first-order chi connectivity index (χ1) is 20.8. The van der Waals surface area contributed by atoms with E-state index in [2.05, 4.69) is 27.5 Å². The number of rotatable bonds is 9. The smallest absolute Gasteiger partial charge is 0.394 e. The number of alkyl halides is 4. The lowest BCUT2D eigenvalue weighted by molar-refractivity contribution is -0.128. The lowest BCUT2D eigenvalue weighted by Gasteiger charge is -2.33. The Morgan fingerprint density at radius 2 is 1.95 bits per heavy atom. The number of likely N-dealkylation sites (tertiary alicyclic amines) is 1. The van der Waals surface area contributed by atoms with E-state index in [1.54, 1.807) is 18.2 Å². The molecule has 0 spiro atoms. The van der Waals surface area contributed by atoms with E-state index in [1.807, 2.05) is 16.7 Å². The van der Waals surface area contributed by atoms with Gasteiger partial charge in [0, 0.05) is 30.5 Å². The molecule has 0 unspecified atom stereocenters. The number of hydrogen-bond acceptors (Lipinski definition) is 8. The van der Waals surface area contributed by atoms with Crippen molar-refractivity contribution < 1.29 is 35.5 Å². The van der Waals surface area contributed by atoms with E-state index < -0.39 is 46.0 Å². The van der Waals surface area contributed by atoms with E-state index in [-0.39, 0.29) is 35.9 Å². The van der Waals surface area contributed by atoms with E-state index in [0.29, 0.717) is 42.7 Å². The molecule has 4 heterocycles. The van der Waals surface area contributed by atoms with Gasteiger partial charge in [0.25, 0.3) is 5.91 Å². The molecule has 10 nitrogen and oxygen atoms in total. The summed E-state index contributed by atoms with van der Waals surface area (Å²) in [5, 5.41) is 5.56. The molecule has 1 amide bonds. The minimum Gasteiger partial charge on any atom is -0.480 e. The molecule has 3 N–H and O–H groups in total. The largest absolute Gasteiger partial charge is 0.480 e. The summed E-state index contributed by atoms with van der Waals surface area (Å²) in [7, 11) is -0.598. The van der Waals surface area contributed by atoms with Crippen LogP contribution < -0.4 is 20.1 Å². The van der Waals surface area contributed by atoms with Crippen LogP contribution in [0.15, 0.2) is 36.5 Å². The summed E-state index contributed by atoms with van der Waals surface area (Å²) in [6, 6.07) is 7.19. The molecule has 1 saturated heterocycles. The van der Waals surface area contributed by atoms with Gasteiger partial charge in [-0.2, -0.15) is 13.2 Å². The van der Waals surface area contributed by atoms with Gasteiger partial charge in [-0.3, -0.25) is 4.79 Å². The number of pyridine rings is 2. The third kappa shape index (κ3) is 7.36. The Balaban J connectivity index is 1.34. The summed E-state index contributed by atoms with van der Waals surface area (Å²) in [5.74, 6) is 4.76. The lowest BCUT2D eigenvalue weighted by Crippen LogP contribution is -2.46. The molecule has 44 heavy (non-hydrogen) atoms. The summed E-state index contributed by atoms with van der Waals surface area (Å²) in [4.78, 5) is 18.4. The standard InChI is InChI=1S/C29H32F4N6O4S/c1-38-14-11-21(20(30)17-38)35-22-6-4-13-39-25(22)15-18(26(39)16-29(31,32)33)5-3-12-34-24-10-9-23(36-28(24)43-2)27(40)37-44(41,42)19-7-8-19/h4,6,9-10,13,15,19-21,34-35H,7-8,11-12,14,16-17H2,1-2H3,(H,37,40)/t20-,21+/m0/s1. The second-order valence-electron chi connectivity index (χ2n) is 10.9. The number of amides is 1. The molecule has 0 radical (unpaired) electrons. The Bertz CT molecular complexity index is 1710. The van der Waals surface area contributed by atoms with Crippen LogP contribution in [0.5, 0.6) is 5.88 Å². The number of nitrogens with one attached hydrogen (secondary N) is 3. The van der Waals surface area contributed by atoms with Gasteiger partial charge in [-0.25, -0.2) is 22.5 Å².